The Labute approximate surface area is 159 Å². The van der Waals surface area contributed by atoms with E-state index in [0.29, 0.717) is 17.1 Å². The van der Waals surface area contributed by atoms with Gasteiger partial charge in [0.25, 0.3) is 5.69 Å². The predicted octanol–water partition coefficient (Wildman–Crippen LogP) is 3.23. The average molecular weight is 384 g/mol. The Morgan fingerprint density at radius 3 is 2.63 bits per heavy atom. The van der Waals surface area contributed by atoms with Crippen molar-refractivity contribution in [1.29, 1.82) is 0 Å². The highest BCUT2D eigenvalue weighted by molar-refractivity contribution is 7.15. The van der Waals surface area contributed by atoms with E-state index < -0.39 is 4.92 Å². The summed E-state index contributed by atoms with van der Waals surface area (Å²) in [6.45, 7) is 0. The van der Waals surface area contributed by atoms with Crippen LogP contribution in [-0.4, -0.2) is 28.1 Å². The number of carbonyl (C=O) groups is 1. The number of nitrogens with zero attached hydrogens (tertiary/aromatic N) is 3. The summed E-state index contributed by atoms with van der Waals surface area (Å²) in [5.74, 6) is 0.399. The van der Waals surface area contributed by atoms with Crippen molar-refractivity contribution in [2.24, 2.45) is 0 Å². The van der Waals surface area contributed by atoms with Crippen LogP contribution in [0.15, 0.2) is 48.5 Å². The van der Waals surface area contributed by atoms with Crippen molar-refractivity contribution in [1.82, 2.24) is 10.2 Å². The second kappa shape index (κ2) is 8.37. The van der Waals surface area contributed by atoms with Gasteiger partial charge in [-0.25, -0.2) is 0 Å². The minimum absolute atomic E-state index is 0.0786. The van der Waals surface area contributed by atoms with Crippen LogP contribution in [0, 0.1) is 10.1 Å². The second-order valence-corrected chi connectivity index (χ2v) is 6.70. The predicted molar refractivity (Wildman–Crippen MR) is 101 cm³/mol. The molecule has 0 aliphatic heterocycles. The third kappa shape index (κ3) is 4.85. The molecule has 0 unspecified atom stereocenters. The van der Waals surface area contributed by atoms with Crippen molar-refractivity contribution in [3.05, 3.63) is 74.8 Å². The number of anilines is 1. The molecule has 27 heavy (non-hydrogen) atoms. The second-order valence-electron chi connectivity index (χ2n) is 5.64. The molecule has 0 atom stereocenters. The van der Waals surface area contributed by atoms with Gasteiger partial charge in [-0.3, -0.25) is 14.9 Å². The van der Waals surface area contributed by atoms with Gasteiger partial charge in [-0.2, -0.15) is 0 Å². The van der Waals surface area contributed by atoms with E-state index in [4.69, 9.17) is 4.74 Å². The van der Waals surface area contributed by atoms with Gasteiger partial charge in [-0.15, -0.1) is 10.2 Å². The summed E-state index contributed by atoms with van der Waals surface area (Å²) < 4.78 is 5.12. The summed E-state index contributed by atoms with van der Waals surface area (Å²) in [6.07, 6.45) is 0.478. The average Bonchev–Trinajstić information content (AvgIpc) is 3.09. The molecule has 8 nitrogen and oxygen atoms in total. The van der Waals surface area contributed by atoms with E-state index in [-0.39, 0.29) is 18.0 Å². The molecule has 0 saturated carbocycles. The molecule has 0 aliphatic carbocycles. The molecule has 0 spiro atoms. The summed E-state index contributed by atoms with van der Waals surface area (Å²) >= 11 is 1.27. The Hall–Kier alpha value is -3.33. The lowest BCUT2D eigenvalue weighted by atomic mass is 10.1. The normalized spacial score (nSPS) is 10.4. The van der Waals surface area contributed by atoms with E-state index in [1.54, 1.807) is 25.3 Å². The smallest absolute Gasteiger partial charge is 0.273 e. The van der Waals surface area contributed by atoms with E-state index in [0.717, 1.165) is 16.3 Å². The number of nitro groups is 1. The Morgan fingerprint density at radius 2 is 1.93 bits per heavy atom. The summed E-state index contributed by atoms with van der Waals surface area (Å²) in [5.41, 5.74) is 1.32. The van der Waals surface area contributed by atoms with Gasteiger partial charge >= 0.3 is 0 Å². The molecular formula is C18H16N4O4S. The van der Waals surface area contributed by atoms with Crippen LogP contribution < -0.4 is 10.1 Å². The number of amides is 1. The largest absolute Gasteiger partial charge is 0.497 e. The minimum atomic E-state index is -0.499. The molecule has 3 rings (SSSR count). The minimum Gasteiger partial charge on any atom is -0.497 e. The number of ether oxygens (including phenoxy) is 1. The maximum atomic E-state index is 12.2. The number of aromatic nitrogens is 2. The fraction of sp³-hybridized carbons (Fsp3) is 0.167. The summed E-state index contributed by atoms with van der Waals surface area (Å²) in [7, 11) is 1.61. The molecule has 0 bridgehead atoms. The van der Waals surface area contributed by atoms with Gasteiger partial charge in [-0.1, -0.05) is 41.7 Å². The number of para-hydroxylation sites is 1. The van der Waals surface area contributed by atoms with Gasteiger partial charge in [0.1, 0.15) is 10.8 Å². The molecule has 0 fully saturated rings. The molecule has 1 heterocycles. The molecule has 1 N–H and O–H groups in total. The first kappa shape index (κ1) is 18.5. The number of rotatable bonds is 7. The van der Waals surface area contributed by atoms with Crippen molar-refractivity contribution in [3.8, 4) is 5.75 Å². The van der Waals surface area contributed by atoms with Gasteiger partial charge in [0, 0.05) is 18.1 Å². The highest BCUT2D eigenvalue weighted by Gasteiger charge is 2.16. The van der Waals surface area contributed by atoms with Crippen LogP contribution in [0.5, 0.6) is 5.75 Å². The van der Waals surface area contributed by atoms with Gasteiger partial charge < -0.3 is 10.1 Å². The highest BCUT2D eigenvalue weighted by atomic mass is 32.1. The standard InChI is InChI=1S/C18H16N4O4S/c1-26-14-8-6-12(7-9-14)10-17-20-21-18(27-17)19-16(23)11-13-4-2-3-5-15(13)22(24)25/h2-9H,10-11H2,1H3,(H,19,21,23). The van der Waals surface area contributed by atoms with Gasteiger partial charge in [0.15, 0.2) is 0 Å². The quantitative estimate of drug-likeness (QED) is 0.495. The fourth-order valence-electron chi connectivity index (χ4n) is 2.47. The first-order valence-corrected chi connectivity index (χ1v) is 8.84. The number of hydrogen-bond donors (Lipinski definition) is 1. The third-order valence-electron chi connectivity index (χ3n) is 3.77. The van der Waals surface area contributed by atoms with Crippen LogP contribution in [-0.2, 0) is 17.6 Å². The molecule has 1 amide bonds. The van der Waals surface area contributed by atoms with E-state index in [9.17, 15) is 14.9 Å². The Balaban J connectivity index is 1.61. The Morgan fingerprint density at radius 1 is 1.19 bits per heavy atom. The van der Waals surface area contributed by atoms with Crippen molar-refractivity contribution < 1.29 is 14.5 Å². The van der Waals surface area contributed by atoms with E-state index in [1.807, 2.05) is 24.3 Å². The van der Waals surface area contributed by atoms with Crippen LogP contribution in [0.25, 0.3) is 0 Å². The maximum Gasteiger partial charge on any atom is 0.273 e. The third-order valence-corrected chi connectivity index (χ3v) is 4.61. The van der Waals surface area contributed by atoms with Crippen molar-refractivity contribution in [2.75, 3.05) is 12.4 Å². The van der Waals surface area contributed by atoms with E-state index >= 15 is 0 Å². The summed E-state index contributed by atoms with van der Waals surface area (Å²) in [6, 6.07) is 13.8. The fourth-order valence-corrected chi connectivity index (χ4v) is 3.26. The zero-order chi connectivity index (χ0) is 19.2. The summed E-state index contributed by atoms with van der Waals surface area (Å²) in [5, 5.41) is 22.8. The van der Waals surface area contributed by atoms with Crippen LogP contribution in [0.4, 0.5) is 10.8 Å². The van der Waals surface area contributed by atoms with E-state index in [2.05, 4.69) is 15.5 Å². The maximum absolute atomic E-state index is 12.2. The van der Waals surface area contributed by atoms with Crippen LogP contribution in [0.2, 0.25) is 0 Å². The van der Waals surface area contributed by atoms with Crippen molar-refractivity contribution in [3.63, 3.8) is 0 Å². The SMILES string of the molecule is COc1ccc(Cc2nnc(NC(=O)Cc3ccccc3[N+](=O)[O-])s2)cc1. The van der Waals surface area contributed by atoms with Crippen LogP contribution in [0.3, 0.4) is 0 Å². The molecule has 0 radical (unpaired) electrons. The molecular weight excluding hydrogens is 368 g/mol. The van der Waals surface area contributed by atoms with Gasteiger partial charge in [0.05, 0.1) is 18.5 Å². The number of methoxy groups -OCH3 is 1. The number of hydrogen-bond acceptors (Lipinski definition) is 7. The first-order chi connectivity index (χ1) is 13.0. The lowest BCUT2D eigenvalue weighted by molar-refractivity contribution is -0.385. The van der Waals surface area contributed by atoms with Gasteiger partial charge in [0.2, 0.25) is 11.0 Å². The van der Waals surface area contributed by atoms with Crippen molar-refractivity contribution >= 4 is 28.1 Å². The van der Waals surface area contributed by atoms with Crippen LogP contribution in [0.1, 0.15) is 16.1 Å². The number of benzene rings is 2. The molecule has 1 aromatic heterocycles. The lowest BCUT2D eigenvalue weighted by Gasteiger charge is -2.02. The number of nitrogens with one attached hydrogen (secondary N) is 1. The van der Waals surface area contributed by atoms with Gasteiger partial charge in [-0.05, 0) is 17.7 Å². The Kier molecular flexibility index (Phi) is 5.72. The monoisotopic (exact) mass is 384 g/mol. The zero-order valence-electron chi connectivity index (χ0n) is 14.4. The highest BCUT2D eigenvalue weighted by Crippen LogP contribution is 2.22. The van der Waals surface area contributed by atoms with Crippen molar-refractivity contribution in [2.45, 2.75) is 12.8 Å². The molecule has 0 saturated heterocycles. The topological polar surface area (TPSA) is 107 Å². The lowest BCUT2D eigenvalue weighted by Crippen LogP contribution is -2.15. The summed E-state index contributed by atoms with van der Waals surface area (Å²) in [4.78, 5) is 22.7. The molecule has 9 heteroatoms. The number of nitro benzene ring substituents is 1. The molecule has 0 aliphatic rings. The zero-order valence-corrected chi connectivity index (χ0v) is 15.2. The van der Waals surface area contributed by atoms with Crippen LogP contribution >= 0.6 is 11.3 Å². The Bertz CT molecular complexity index is 956. The molecule has 138 valence electrons. The molecule has 3 aromatic rings. The molecule has 2 aromatic carbocycles. The van der Waals surface area contributed by atoms with E-state index in [1.165, 1.54) is 17.4 Å². The number of carbonyl (C=O) groups excluding carboxylic acids is 1. The first-order valence-electron chi connectivity index (χ1n) is 8.02.